The molecular weight excluding hydrogens is 194 g/mol. The van der Waals surface area contributed by atoms with Crippen LogP contribution in [0, 0.1) is 17.2 Å². The molecule has 1 fully saturated rings. The number of hydrogen-bond donors (Lipinski definition) is 1. The molecular formula is C10H17N3O2. The van der Waals surface area contributed by atoms with Crippen LogP contribution in [0.4, 0.5) is 4.79 Å². The molecule has 2 atom stereocenters. The summed E-state index contributed by atoms with van der Waals surface area (Å²) in [4.78, 5) is 13.1. The maximum Gasteiger partial charge on any atom is 0.410 e. The molecule has 84 valence electrons. The van der Waals surface area contributed by atoms with Crippen LogP contribution in [0.15, 0.2) is 0 Å². The second-order valence-corrected chi connectivity index (χ2v) is 4.78. The molecule has 1 amide bonds. The SMILES string of the molecule is CC(C)(C)OC(=O)N1C[C@@H](C#N)[C@@H](N)C1. The molecule has 1 rings (SSSR count). The molecule has 0 saturated carbocycles. The van der Waals surface area contributed by atoms with Crippen LogP contribution in [0.3, 0.4) is 0 Å². The molecule has 2 N–H and O–H groups in total. The number of likely N-dealkylation sites (tertiary alicyclic amines) is 1. The molecule has 0 aromatic rings. The van der Waals surface area contributed by atoms with Crippen LogP contribution in [-0.2, 0) is 4.74 Å². The summed E-state index contributed by atoms with van der Waals surface area (Å²) in [5, 5.41) is 8.76. The molecule has 0 aliphatic carbocycles. The average Bonchev–Trinajstić information content (AvgIpc) is 2.43. The van der Waals surface area contributed by atoms with E-state index in [-0.39, 0.29) is 12.0 Å². The van der Waals surface area contributed by atoms with Gasteiger partial charge in [-0.2, -0.15) is 5.26 Å². The highest BCUT2D eigenvalue weighted by atomic mass is 16.6. The predicted octanol–water partition coefficient (Wildman–Crippen LogP) is 0.704. The lowest BCUT2D eigenvalue weighted by Gasteiger charge is -2.24. The maximum absolute atomic E-state index is 11.6. The van der Waals surface area contributed by atoms with Gasteiger partial charge in [-0.25, -0.2) is 4.79 Å². The second kappa shape index (κ2) is 4.07. The summed E-state index contributed by atoms with van der Waals surface area (Å²) in [6.45, 7) is 6.19. The van der Waals surface area contributed by atoms with Crippen molar-refractivity contribution < 1.29 is 9.53 Å². The Morgan fingerprint density at radius 3 is 2.53 bits per heavy atom. The van der Waals surface area contributed by atoms with E-state index in [9.17, 15) is 4.79 Å². The van der Waals surface area contributed by atoms with E-state index < -0.39 is 11.7 Å². The van der Waals surface area contributed by atoms with Crippen molar-refractivity contribution >= 4 is 6.09 Å². The average molecular weight is 211 g/mol. The highest BCUT2D eigenvalue weighted by Gasteiger charge is 2.35. The monoisotopic (exact) mass is 211 g/mol. The molecule has 15 heavy (non-hydrogen) atoms. The Hall–Kier alpha value is -1.28. The first-order valence-corrected chi connectivity index (χ1v) is 4.96. The van der Waals surface area contributed by atoms with Crippen molar-refractivity contribution in [3.63, 3.8) is 0 Å². The number of ether oxygens (including phenoxy) is 1. The fourth-order valence-corrected chi connectivity index (χ4v) is 1.44. The summed E-state index contributed by atoms with van der Waals surface area (Å²) in [5.41, 5.74) is 5.20. The van der Waals surface area contributed by atoms with E-state index in [1.54, 1.807) is 0 Å². The molecule has 1 aliphatic rings. The smallest absolute Gasteiger partial charge is 0.410 e. The highest BCUT2D eigenvalue weighted by molar-refractivity contribution is 5.68. The van der Waals surface area contributed by atoms with Gasteiger partial charge in [0.05, 0.1) is 12.0 Å². The lowest BCUT2D eigenvalue weighted by Crippen LogP contribution is -2.36. The van der Waals surface area contributed by atoms with Gasteiger partial charge in [0.25, 0.3) is 0 Å². The Balaban J connectivity index is 2.54. The molecule has 1 heterocycles. The van der Waals surface area contributed by atoms with Gasteiger partial charge in [0, 0.05) is 19.1 Å². The van der Waals surface area contributed by atoms with Gasteiger partial charge in [-0.3, -0.25) is 0 Å². The van der Waals surface area contributed by atoms with E-state index in [4.69, 9.17) is 15.7 Å². The number of rotatable bonds is 0. The first-order valence-electron chi connectivity index (χ1n) is 4.96. The maximum atomic E-state index is 11.6. The van der Waals surface area contributed by atoms with E-state index in [0.717, 1.165) is 0 Å². The Labute approximate surface area is 89.8 Å². The number of hydrogen-bond acceptors (Lipinski definition) is 4. The topological polar surface area (TPSA) is 79.3 Å². The van der Waals surface area contributed by atoms with Gasteiger partial charge in [0.15, 0.2) is 0 Å². The van der Waals surface area contributed by atoms with Crippen LogP contribution >= 0.6 is 0 Å². The quantitative estimate of drug-likeness (QED) is 0.639. The fourth-order valence-electron chi connectivity index (χ4n) is 1.44. The molecule has 0 radical (unpaired) electrons. The Morgan fingerprint density at radius 2 is 2.13 bits per heavy atom. The number of nitrogens with zero attached hydrogens (tertiary/aromatic N) is 2. The zero-order valence-corrected chi connectivity index (χ0v) is 9.36. The summed E-state index contributed by atoms with van der Waals surface area (Å²) >= 11 is 0. The summed E-state index contributed by atoms with van der Waals surface area (Å²) in [5.74, 6) is -0.280. The van der Waals surface area contributed by atoms with Crippen molar-refractivity contribution in [3.05, 3.63) is 0 Å². The minimum absolute atomic E-state index is 0.262. The summed E-state index contributed by atoms with van der Waals surface area (Å²) < 4.78 is 5.18. The van der Waals surface area contributed by atoms with Gasteiger partial charge in [-0.05, 0) is 20.8 Å². The third-order valence-electron chi connectivity index (χ3n) is 2.18. The highest BCUT2D eigenvalue weighted by Crippen LogP contribution is 2.18. The van der Waals surface area contributed by atoms with Gasteiger partial charge in [0.2, 0.25) is 0 Å². The van der Waals surface area contributed by atoms with Crippen LogP contribution in [0.2, 0.25) is 0 Å². The molecule has 1 saturated heterocycles. The molecule has 0 aromatic heterocycles. The van der Waals surface area contributed by atoms with Crippen LogP contribution in [0.25, 0.3) is 0 Å². The van der Waals surface area contributed by atoms with Gasteiger partial charge >= 0.3 is 6.09 Å². The van der Waals surface area contributed by atoms with Crippen LogP contribution in [-0.4, -0.2) is 35.7 Å². The van der Waals surface area contributed by atoms with E-state index in [2.05, 4.69) is 6.07 Å². The van der Waals surface area contributed by atoms with Gasteiger partial charge in [-0.1, -0.05) is 0 Å². The Kier molecular flexibility index (Phi) is 3.20. The van der Waals surface area contributed by atoms with Crippen molar-refractivity contribution in [1.82, 2.24) is 4.90 Å². The minimum Gasteiger partial charge on any atom is -0.444 e. The number of nitriles is 1. The van der Waals surface area contributed by atoms with Crippen molar-refractivity contribution in [1.29, 1.82) is 5.26 Å². The van der Waals surface area contributed by atoms with Crippen molar-refractivity contribution in [3.8, 4) is 6.07 Å². The third-order valence-corrected chi connectivity index (χ3v) is 2.18. The zero-order chi connectivity index (χ0) is 11.6. The number of nitrogens with two attached hydrogens (primary N) is 1. The normalized spacial score (nSPS) is 26.2. The van der Waals surface area contributed by atoms with E-state index in [1.165, 1.54) is 4.90 Å². The van der Waals surface area contributed by atoms with Crippen molar-refractivity contribution in [2.24, 2.45) is 11.7 Å². The summed E-state index contributed by atoms with van der Waals surface area (Å²) in [6.07, 6.45) is -0.393. The van der Waals surface area contributed by atoms with Crippen molar-refractivity contribution in [2.45, 2.75) is 32.4 Å². The minimum atomic E-state index is -0.508. The first kappa shape index (κ1) is 11.8. The van der Waals surface area contributed by atoms with Crippen LogP contribution in [0.1, 0.15) is 20.8 Å². The van der Waals surface area contributed by atoms with Gasteiger partial charge in [0.1, 0.15) is 5.60 Å². The van der Waals surface area contributed by atoms with E-state index in [0.29, 0.717) is 13.1 Å². The Bertz CT molecular complexity index is 290. The van der Waals surface area contributed by atoms with Crippen LogP contribution < -0.4 is 5.73 Å². The summed E-state index contributed by atoms with van der Waals surface area (Å²) in [7, 11) is 0. The van der Waals surface area contributed by atoms with Crippen molar-refractivity contribution in [2.75, 3.05) is 13.1 Å². The lowest BCUT2D eigenvalue weighted by molar-refractivity contribution is 0.0289. The number of carbonyl (C=O) groups excluding carboxylic acids is 1. The lowest BCUT2D eigenvalue weighted by atomic mass is 10.1. The van der Waals surface area contributed by atoms with E-state index >= 15 is 0 Å². The zero-order valence-electron chi connectivity index (χ0n) is 9.36. The number of amides is 1. The molecule has 5 heteroatoms. The molecule has 0 unspecified atom stereocenters. The Morgan fingerprint density at radius 1 is 1.53 bits per heavy atom. The third kappa shape index (κ3) is 3.10. The first-order chi connectivity index (χ1) is 6.83. The fraction of sp³-hybridized carbons (Fsp3) is 0.800. The van der Waals surface area contributed by atoms with E-state index in [1.807, 2.05) is 20.8 Å². The van der Waals surface area contributed by atoms with Gasteiger partial charge in [-0.15, -0.1) is 0 Å². The molecule has 0 bridgehead atoms. The molecule has 5 nitrogen and oxygen atoms in total. The predicted molar refractivity (Wildman–Crippen MR) is 54.9 cm³/mol. The standard InChI is InChI=1S/C10H17N3O2/c1-10(2,3)15-9(14)13-5-7(4-11)8(12)6-13/h7-8H,5-6,12H2,1-3H3/t7-,8+/m1/s1. The number of carbonyl (C=O) groups is 1. The molecule has 0 spiro atoms. The largest absolute Gasteiger partial charge is 0.444 e. The molecule has 0 aromatic carbocycles. The second-order valence-electron chi connectivity index (χ2n) is 4.78. The molecule has 1 aliphatic heterocycles. The van der Waals surface area contributed by atoms with Gasteiger partial charge < -0.3 is 15.4 Å². The summed E-state index contributed by atoms with van der Waals surface area (Å²) in [6, 6.07) is 1.83. The van der Waals surface area contributed by atoms with Crippen LogP contribution in [0.5, 0.6) is 0 Å².